The van der Waals surface area contributed by atoms with E-state index >= 15 is 0 Å². The fraction of sp³-hybridized carbons (Fsp3) is 0.211. The second-order valence-corrected chi connectivity index (χ2v) is 6.11. The molecule has 6 nitrogen and oxygen atoms in total. The summed E-state index contributed by atoms with van der Waals surface area (Å²) in [6.07, 6.45) is 0.861. The van der Waals surface area contributed by atoms with Crippen LogP contribution in [0.25, 0.3) is 22.0 Å². The second-order valence-electron chi connectivity index (χ2n) is 6.11. The van der Waals surface area contributed by atoms with E-state index in [1.54, 1.807) is 4.90 Å². The number of hydrogen-bond acceptors (Lipinski definition) is 4. The topological polar surface area (TPSA) is 69.3 Å². The van der Waals surface area contributed by atoms with E-state index in [1.165, 1.54) is 6.07 Å². The van der Waals surface area contributed by atoms with Gasteiger partial charge in [-0.3, -0.25) is 14.6 Å². The van der Waals surface area contributed by atoms with Crippen LogP contribution in [-0.2, 0) is 4.79 Å². The molecule has 1 amide bonds. The summed E-state index contributed by atoms with van der Waals surface area (Å²) >= 11 is 0. The molecule has 1 aliphatic heterocycles. The molecular formula is C19H18N4O2. The van der Waals surface area contributed by atoms with Gasteiger partial charge in [0, 0.05) is 37.8 Å². The van der Waals surface area contributed by atoms with Crippen molar-refractivity contribution in [3.63, 3.8) is 0 Å². The first-order valence-corrected chi connectivity index (χ1v) is 8.28. The standard InChI is InChI=1S/C19H18N4O2/c24-13-22-8-10-23(11-9-22)19-20-17(12-18(25)21-19)16-7-3-5-14-4-1-2-6-15(14)16/h1-7,12-13H,8-11H2,(H,20,21,25). The zero-order valence-electron chi connectivity index (χ0n) is 13.7. The van der Waals surface area contributed by atoms with Crippen LogP contribution in [0.1, 0.15) is 0 Å². The first-order chi connectivity index (χ1) is 12.2. The molecule has 3 aromatic rings. The lowest BCUT2D eigenvalue weighted by atomic mass is 10.0. The summed E-state index contributed by atoms with van der Waals surface area (Å²) in [5.74, 6) is 0.556. The summed E-state index contributed by atoms with van der Waals surface area (Å²) in [6, 6.07) is 15.6. The number of nitrogens with one attached hydrogen (secondary N) is 1. The summed E-state index contributed by atoms with van der Waals surface area (Å²) in [4.78, 5) is 34.3. The Bertz CT molecular complexity index is 969. The van der Waals surface area contributed by atoms with E-state index in [1.807, 2.05) is 47.4 Å². The van der Waals surface area contributed by atoms with Crippen LogP contribution < -0.4 is 10.5 Å². The lowest BCUT2D eigenvalue weighted by Crippen LogP contribution is -2.46. The van der Waals surface area contributed by atoms with Crippen molar-refractivity contribution in [3.05, 3.63) is 58.9 Å². The molecule has 0 saturated carbocycles. The Kier molecular flexibility index (Phi) is 3.93. The van der Waals surface area contributed by atoms with Crippen LogP contribution in [0.15, 0.2) is 53.3 Å². The summed E-state index contributed by atoms with van der Waals surface area (Å²) in [5.41, 5.74) is 1.43. The van der Waals surface area contributed by atoms with Gasteiger partial charge in [-0.25, -0.2) is 4.98 Å². The van der Waals surface area contributed by atoms with E-state index in [2.05, 4.69) is 4.98 Å². The Morgan fingerprint density at radius 1 is 1.00 bits per heavy atom. The van der Waals surface area contributed by atoms with E-state index in [-0.39, 0.29) is 5.56 Å². The zero-order valence-corrected chi connectivity index (χ0v) is 13.7. The molecule has 1 saturated heterocycles. The minimum absolute atomic E-state index is 0.175. The average Bonchev–Trinajstić information content (AvgIpc) is 2.67. The van der Waals surface area contributed by atoms with Crippen molar-refractivity contribution in [2.45, 2.75) is 0 Å². The highest BCUT2D eigenvalue weighted by molar-refractivity contribution is 5.95. The van der Waals surface area contributed by atoms with E-state index in [9.17, 15) is 9.59 Å². The van der Waals surface area contributed by atoms with Crippen LogP contribution in [-0.4, -0.2) is 47.5 Å². The molecule has 2 heterocycles. The predicted octanol–water partition coefficient (Wildman–Crippen LogP) is 1.87. The van der Waals surface area contributed by atoms with E-state index < -0.39 is 0 Å². The quantitative estimate of drug-likeness (QED) is 0.743. The van der Waals surface area contributed by atoms with Gasteiger partial charge in [0.1, 0.15) is 0 Å². The van der Waals surface area contributed by atoms with Gasteiger partial charge in [-0.15, -0.1) is 0 Å². The molecule has 0 radical (unpaired) electrons. The number of amides is 1. The number of aromatic amines is 1. The van der Waals surface area contributed by atoms with Gasteiger partial charge in [-0.2, -0.15) is 0 Å². The molecule has 126 valence electrons. The fourth-order valence-electron chi connectivity index (χ4n) is 3.22. The Morgan fingerprint density at radius 3 is 2.56 bits per heavy atom. The second kappa shape index (κ2) is 6.39. The van der Waals surface area contributed by atoms with E-state index in [0.717, 1.165) is 22.7 Å². The van der Waals surface area contributed by atoms with Crippen molar-refractivity contribution >= 4 is 23.1 Å². The number of nitrogens with zero attached hydrogens (tertiary/aromatic N) is 3. The van der Waals surface area contributed by atoms with E-state index in [0.29, 0.717) is 37.8 Å². The molecule has 1 N–H and O–H groups in total. The van der Waals surface area contributed by atoms with Crippen molar-refractivity contribution in [1.29, 1.82) is 0 Å². The highest BCUT2D eigenvalue weighted by Gasteiger charge is 2.18. The first-order valence-electron chi connectivity index (χ1n) is 8.28. The number of hydrogen-bond donors (Lipinski definition) is 1. The number of rotatable bonds is 3. The van der Waals surface area contributed by atoms with Crippen LogP contribution >= 0.6 is 0 Å². The van der Waals surface area contributed by atoms with Crippen LogP contribution in [0.2, 0.25) is 0 Å². The van der Waals surface area contributed by atoms with Gasteiger partial charge in [0.05, 0.1) is 5.69 Å². The van der Waals surface area contributed by atoms with Crippen LogP contribution in [0, 0.1) is 0 Å². The highest BCUT2D eigenvalue weighted by Crippen LogP contribution is 2.27. The molecule has 0 spiro atoms. The van der Waals surface area contributed by atoms with Crippen molar-refractivity contribution in [3.8, 4) is 11.3 Å². The molecule has 25 heavy (non-hydrogen) atoms. The summed E-state index contributed by atoms with van der Waals surface area (Å²) in [6.45, 7) is 2.57. The fourth-order valence-corrected chi connectivity index (χ4v) is 3.22. The summed E-state index contributed by atoms with van der Waals surface area (Å²) < 4.78 is 0. The van der Waals surface area contributed by atoms with Gasteiger partial charge in [0.15, 0.2) is 0 Å². The summed E-state index contributed by atoms with van der Waals surface area (Å²) in [7, 11) is 0. The molecule has 2 aromatic carbocycles. The number of benzene rings is 2. The van der Waals surface area contributed by atoms with Gasteiger partial charge in [-0.1, -0.05) is 42.5 Å². The largest absolute Gasteiger partial charge is 0.342 e. The lowest BCUT2D eigenvalue weighted by molar-refractivity contribution is -0.118. The van der Waals surface area contributed by atoms with Crippen LogP contribution in [0.5, 0.6) is 0 Å². The number of piperazine rings is 1. The third kappa shape index (κ3) is 2.98. The molecule has 4 rings (SSSR count). The van der Waals surface area contributed by atoms with E-state index in [4.69, 9.17) is 4.98 Å². The normalized spacial score (nSPS) is 14.7. The Labute approximate surface area is 144 Å². The molecule has 1 aromatic heterocycles. The molecule has 1 aliphatic rings. The molecule has 1 fully saturated rings. The SMILES string of the molecule is O=CN1CCN(c2nc(-c3cccc4ccccc34)cc(=O)[nH]2)CC1. The third-order valence-electron chi connectivity index (χ3n) is 4.56. The minimum atomic E-state index is -0.175. The average molecular weight is 334 g/mol. The lowest BCUT2D eigenvalue weighted by Gasteiger charge is -2.32. The number of carbonyl (C=O) groups excluding carboxylic acids is 1. The van der Waals surface area contributed by atoms with Gasteiger partial charge < -0.3 is 9.80 Å². The highest BCUT2D eigenvalue weighted by atomic mass is 16.1. The minimum Gasteiger partial charge on any atom is -0.342 e. The molecule has 6 heteroatoms. The number of aromatic nitrogens is 2. The maximum Gasteiger partial charge on any atom is 0.252 e. The molecular weight excluding hydrogens is 316 g/mol. The van der Waals surface area contributed by atoms with Gasteiger partial charge in [0.25, 0.3) is 5.56 Å². The molecule has 0 unspecified atom stereocenters. The maximum atomic E-state index is 12.2. The van der Waals surface area contributed by atoms with Crippen molar-refractivity contribution < 1.29 is 4.79 Å². The summed E-state index contributed by atoms with van der Waals surface area (Å²) in [5, 5.41) is 2.18. The number of H-pyrrole nitrogens is 1. The van der Waals surface area contributed by atoms with Gasteiger partial charge >= 0.3 is 0 Å². The number of anilines is 1. The van der Waals surface area contributed by atoms with Crippen LogP contribution in [0.3, 0.4) is 0 Å². The zero-order chi connectivity index (χ0) is 17.2. The monoisotopic (exact) mass is 334 g/mol. The first kappa shape index (κ1) is 15.4. The Balaban J connectivity index is 1.75. The van der Waals surface area contributed by atoms with Gasteiger partial charge in [0.2, 0.25) is 12.4 Å². The molecule has 0 bridgehead atoms. The number of fused-ring (bicyclic) bond motifs is 1. The molecule has 0 atom stereocenters. The number of carbonyl (C=O) groups is 1. The predicted molar refractivity (Wildman–Crippen MR) is 97.6 cm³/mol. The Morgan fingerprint density at radius 2 is 1.76 bits per heavy atom. The Hall–Kier alpha value is -3.15. The maximum absolute atomic E-state index is 12.2. The van der Waals surface area contributed by atoms with Crippen molar-refractivity contribution in [1.82, 2.24) is 14.9 Å². The molecule has 0 aliphatic carbocycles. The van der Waals surface area contributed by atoms with Crippen molar-refractivity contribution in [2.75, 3.05) is 31.1 Å². The third-order valence-corrected chi connectivity index (χ3v) is 4.56. The van der Waals surface area contributed by atoms with Gasteiger partial charge in [-0.05, 0) is 10.8 Å². The van der Waals surface area contributed by atoms with Crippen LogP contribution in [0.4, 0.5) is 5.95 Å². The smallest absolute Gasteiger partial charge is 0.252 e. The van der Waals surface area contributed by atoms with Crippen molar-refractivity contribution in [2.24, 2.45) is 0 Å².